The van der Waals surface area contributed by atoms with Crippen LogP contribution in [0.3, 0.4) is 0 Å². The Labute approximate surface area is 58.1 Å². The molecule has 56 valence electrons. The minimum Gasteiger partial charge on any atom is -0.347 e. The number of fused-ring (bicyclic) bond motifs is 1. The lowest BCUT2D eigenvalue weighted by molar-refractivity contribution is -0.137. The summed E-state index contributed by atoms with van der Waals surface area (Å²) in [4.78, 5) is 10.2. The van der Waals surface area contributed by atoms with E-state index in [-0.39, 0.29) is 18.5 Å². The highest BCUT2D eigenvalue weighted by Crippen LogP contribution is 2.27. The molecule has 0 aromatic heterocycles. The van der Waals surface area contributed by atoms with Crippen molar-refractivity contribution < 1.29 is 19.0 Å². The maximum Gasteiger partial charge on any atom is 0.187 e. The van der Waals surface area contributed by atoms with E-state index in [2.05, 4.69) is 0 Å². The standard InChI is InChI=1S/C6H8O4/c7-2-4-1-5-6(10-4)9-3-8-5/h2,4-6H,1,3H2/t4-,5+,6-/m0/s1. The van der Waals surface area contributed by atoms with E-state index in [1.54, 1.807) is 0 Å². The lowest BCUT2D eigenvalue weighted by Crippen LogP contribution is -2.15. The fourth-order valence-electron chi connectivity index (χ4n) is 1.23. The third-order valence-electron chi connectivity index (χ3n) is 1.74. The molecule has 2 fully saturated rings. The SMILES string of the molecule is O=C[C@@H]1C[C@H]2OCO[C@H]2O1. The first-order valence-corrected chi connectivity index (χ1v) is 3.24. The zero-order valence-corrected chi connectivity index (χ0v) is 5.36. The maximum atomic E-state index is 10.2. The van der Waals surface area contributed by atoms with Gasteiger partial charge in [-0.1, -0.05) is 0 Å². The average molecular weight is 144 g/mol. The fraction of sp³-hybridized carbons (Fsp3) is 0.833. The molecular formula is C6H8O4. The second-order valence-electron chi connectivity index (χ2n) is 2.40. The molecule has 0 radical (unpaired) electrons. The van der Waals surface area contributed by atoms with E-state index in [4.69, 9.17) is 14.2 Å². The molecule has 0 amide bonds. The highest BCUT2D eigenvalue weighted by Gasteiger charge is 2.40. The van der Waals surface area contributed by atoms with Crippen LogP contribution < -0.4 is 0 Å². The number of hydrogen-bond donors (Lipinski definition) is 0. The maximum absolute atomic E-state index is 10.2. The minimum atomic E-state index is -0.324. The summed E-state index contributed by atoms with van der Waals surface area (Å²) in [6.07, 6.45) is 0.778. The second-order valence-corrected chi connectivity index (χ2v) is 2.40. The predicted octanol–water partition coefficient (Wildman–Crippen LogP) is -0.327. The third kappa shape index (κ3) is 0.847. The summed E-state index contributed by atoms with van der Waals surface area (Å²) in [6, 6.07) is 0. The lowest BCUT2D eigenvalue weighted by Gasteiger charge is -2.03. The highest BCUT2D eigenvalue weighted by molar-refractivity contribution is 5.56. The van der Waals surface area contributed by atoms with Crippen molar-refractivity contribution in [3.63, 3.8) is 0 Å². The van der Waals surface area contributed by atoms with Crippen molar-refractivity contribution in [3.05, 3.63) is 0 Å². The van der Waals surface area contributed by atoms with E-state index in [1.807, 2.05) is 0 Å². The molecule has 2 heterocycles. The topological polar surface area (TPSA) is 44.8 Å². The first-order chi connectivity index (χ1) is 4.90. The van der Waals surface area contributed by atoms with Crippen molar-refractivity contribution in [2.45, 2.75) is 24.9 Å². The van der Waals surface area contributed by atoms with Gasteiger partial charge in [-0.25, -0.2) is 0 Å². The van der Waals surface area contributed by atoms with E-state index in [0.29, 0.717) is 13.2 Å². The zero-order chi connectivity index (χ0) is 6.97. The summed E-state index contributed by atoms with van der Waals surface area (Å²) in [5.74, 6) is 0. The molecule has 2 aliphatic heterocycles. The Kier molecular flexibility index (Phi) is 1.44. The Morgan fingerprint density at radius 3 is 3.00 bits per heavy atom. The molecule has 2 rings (SSSR count). The largest absolute Gasteiger partial charge is 0.347 e. The van der Waals surface area contributed by atoms with Crippen molar-refractivity contribution in [1.29, 1.82) is 0 Å². The number of hydrogen-bond acceptors (Lipinski definition) is 4. The Morgan fingerprint density at radius 2 is 2.30 bits per heavy atom. The number of ether oxygens (including phenoxy) is 3. The van der Waals surface area contributed by atoms with Gasteiger partial charge in [-0.05, 0) is 0 Å². The molecular weight excluding hydrogens is 136 g/mol. The van der Waals surface area contributed by atoms with E-state index in [0.717, 1.165) is 6.29 Å². The Hall–Kier alpha value is -0.450. The van der Waals surface area contributed by atoms with Crippen LogP contribution in [0, 0.1) is 0 Å². The van der Waals surface area contributed by atoms with Crippen LogP contribution in [-0.2, 0) is 19.0 Å². The minimum absolute atomic E-state index is 0.0183. The lowest BCUT2D eigenvalue weighted by atomic mass is 10.2. The molecule has 4 heteroatoms. The van der Waals surface area contributed by atoms with Crippen LogP contribution in [0.2, 0.25) is 0 Å². The van der Waals surface area contributed by atoms with Crippen molar-refractivity contribution >= 4 is 6.29 Å². The van der Waals surface area contributed by atoms with Crippen LogP contribution in [0.1, 0.15) is 6.42 Å². The van der Waals surface area contributed by atoms with Crippen molar-refractivity contribution in [1.82, 2.24) is 0 Å². The molecule has 0 aromatic rings. The van der Waals surface area contributed by atoms with Crippen LogP contribution in [0.4, 0.5) is 0 Å². The molecule has 0 N–H and O–H groups in total. The van der Waals surface area contributed by atoms with Gasteiger partial charge in [0.15, 0.2) is 13.1 Å². The fourth-order valence-corrected chi connectivity index (χ4v) is 1.23. The van der Waals surface area contributed by atoms with Gasteiger partial charge in [0, 0.05) is 6.42 Å². The number of carbonyl (C=O) groups excluding carboxylic acids is 1. The quantitative estimate of drug-likeness (QED) is 0.473. The van der Waals surface area contributed by atoms with Gasteiger partial charge in [0.2, 0.25) is 0 Å². The van der Waals surface area contributed by atoms with Crippen molar-refractivity contribution in [2.24, 2.45) is 0 Å². The van der Waals surface area contributed by atoms with Gasteiger partial charge in [-0.15, -0.1) is 0 Å². The molecule has 0 unspecified atom stereocenters. The Bertz CT molecular complexity index is 135. The third-order valence-corrected chi connectivity index (χ3v) is 1.74. The van der Waals surface area contributed by atoms with E-state index in [1.165, 1.54) is 0 Å². The Balaban J connectivity index is 1.99. The zero-order valence-electron chi connectivity index (χ0n) is 5.36. The summed E-state index contributed by atoms with van der Waals surface area (Å²) < 4.78 is 15.2. The van der Waals surface area contributed by atoms with Crippen LogP contribution in [0.15, 0.2) is 0 Å². The Morgan fingerprint density at radius 1 is 1.40 bits per heavy atom. The second kappa shape index (κ2) is 2.30. The van der Waals surface area contributed by atoms with Gasteiger partial charge in [-0.3, -0.25) is 0 Å². The van der Waals surface area contributed by atoms with Crippen LogP contribution >= 0.6 is 0 Å². The molecule has 0 saturated carbocycles. The number of rotatable bonds is 1. The van der Waals surface area contributed by atoms with Crippen LogP contribution in [-0.4, -0.2) is 31.6 Å². The van der Waals surface area contributed by atoms with Gasteiger partial charge in [-0.2, -0.15) is 0 Å². The number of aldehydes is 1. The molecule has 0 aliphatic carbocycles. The van der Waals surface area contributed by atoms with Gasteiger partial charge >= 0.3 is 0 Å². The normalized spacial score (nSPS) is 45.4. The van der Waals surface area contributed by atoms with E-state index < -0.39 is 0 Å². The molecule has 10 heavy (non-hydrogen) atoms. The van der Waals surface area contributed by atoms with Crippen molar-refractivity contribution in [3.8, 4) is 0 Å². The van der Waals surface area contributed by atoms with E-state index in [9.17, 15) is 4.79 Å². The van der Waals surface area contributed by atoms with Crippen LogP contribution in [0.5, 0.6) is 0 Å². The summed E-state index contributed by atoms with van der Waals surface area (Å²) in [5.41, 5.74) is 0. The molecule has 0 spiro atoms. The molecule has 2 saturated heterocycles. The summed E-state index contributed by atoms with van der Waals surface area (Å²) in [7, 11) is 0. The molecule has 0 aromatic carbocycles. The summed E-state index contributed by atoms with van der Waals surface area (Å²) in [5, 5.41) is 0. The van der Waals surface area contributed by atoms with Gasteiger partial charge in [0.1, 0.15) is 18.5 Å². The highest BCUT2D eigenvalue weighted by atomic mass is 16.8. The first-order valence-electron chi connectivity index (χ1n) is 3.24. The monoisotopic (exact) mass is 144 g/mol. The number of carbonyl (C=O) groups is 1. The van der Waals surface area contributed by atoms with Crippen molar-refractivity contribution in [2.75, 3.05) is 6.79 Å². The predicted molar refractivity (Wildman–Crippen MR) is 30.2 cm³/mol. The summed E-state index contributed by atoms with van der Waals surface area (Å²) >= 11 is 0. The van der Waals surface area contributed by atoms with E-state index >= 15 is 0 Å². The van der Waals surface area contributed by atoms with Gasteiger partial charge in [0.05, 0.1) is 0 Å². The smallest absolute Gasteiger partial charge is 0.187 e. The summed E-state index contributed by atoms with van der Waals surface area (Å²) in [6.45, 7) is 0.293. The molecule has 0 bridgehead atoms. The first kappa shape index (κ1) is 6.27. The average Bonchev–Trinajstić information content (AvgIpc) is 2.42. The van der Waals surface area contributed by atoms with Crippen LogP contribution in [0.25, 0.3) is 0 Å². The molecule has 3 atom stereocenters. The van der Waals surface area contributed by atoms with Gasteiger partial charge in [0.25, 0.3) is 0 Å². The molecule has 2 aliphatic rings. The molecule has 4 nitrogen and oxygen atoms in total. The van der Waals surface area contributed by atoms with Gasteiger partial charge < -0.3 is 19.0 Å².